The zero-order valence-corrected chi connectivity index (χ0v) is 11.4. The molecule has 1 aromatic heterocycles. The number of rotatable bonds is 3. The number of anilines is 1. The third kappa shape index (κ3) is 3.03. The van der Waals surface area contributed by atoms with E-state index in [-0.39, 0.29) is 17.7 Å². The molecule has 0 saturated heterocycles. The molecule has 1 heterocycles. The number of carbonyl (C=O) groups is 1. The van der Waals surface area contributed by atoms with Crippen LogP contribution in [0, 0.1) is 13.8 Å². The van der Waals surface area contributed by atoms with Crippen molar-refractivity contribution in [3.05, 3.63) is 53.0 Å². The number of amides is 1. The molecular weight excluding hydrogens is 240 g/mol. The lowest BCUT2D eigenvalue weighted by atomic mass is 10.1. The Hall–Kier alpha value is -2.07. The molecule has 100 valence electrons. The predicted octanol–water partition coefficient (Wildman–Crippen LogP) is 3.17. The lowest BCUT2D eigenvalue weighted by Crippen LogP contribution is -2.12. The van der Waals surface area contributed by atoms with Gasteiger partial charge in [-0.2, -0.15) is 0 Å². The number of carbonyl (C=O) groups excluding carboxylic acids is 1. The molecule has 2 aromatic rings. The molecule has 2 rings (SSSR count). The molecule has 0 bridgehead atoms. The maximum Gasteiger partial charge on any atom is 0.291 e. The number of nitrogens with two attached hydrogens (primary N) is 1. The normalized spacial score (nSPS) is 12.2. The second-order valence-electron chi connectivity index (χ2n) is 4.76. The summed E-state index contributed by atoms with van der Waals surface area (Å²) < 4.78 is 5.41. The summed E-state index contributed by atoms with van der Waals surface area (Å²) in [6, 6.07) is 9.05. The van der Waals surface area contributed by atoms with Crippen LogP contribution >= 0.6 is 0 Å². The molecule has 3 N–H and O–H groups in total. The zero-order chi connectivity index (χ0) is 14.0. The van der Waals surface area contributed by atoms with Crippen LogP contribution < -0.4 is 11.1 Å². The molecule has 1 unspecified atom stereocenters. The average molecular weight is 258 g/mol. The highest BCUT2D eigenvalue weighted by molar-refractivity contribution is 6.02. The fourth-order valence-corrected chi connectivity index (χ4v) is 1.77. The third-order valence-electron chi connectivity index (χ3n) is 2.94. The fourth-order valence-electron chi connectivity index (χ4n) is 1.77. The standard InChI is InChI=1S/C15H18N2O2/c1-9-4-5-10(2)12(8-9)17-15(18)14-7-6-13(19-14)11(3)16/h4-8,11H,16H2,1-3H3,(H,17,18). The molecule has 0 fully saturated rings. The Morgan fingerprint density at radius 1 is 1.26 bits per heavy atom. The van der Waals surface area contributed by atoms with Gasteiger partial charge in [0.25, 0.3) is 5.91 Å². The van der Waals surface area contributed by atoms with Crippen molar-refractivity contribution in [2.75, 3.05) is 5.32 Å². The van der Waals surface area contributed by atoms with Gasteiger partial charge in [-0.1, -0.05) is 12.1 Å². The maximum atomic E-state index is 12.1. The molecule has 0 aliphatic heterocycles. The van der Waals surface area contributed by atoms with Crippen molar-refractivity contribution in [3.8, 4) is 0 Å². The second kappa shape index (κ2) is 5.28. The highest BCUT2D eigenvalue weighted by atomic mass is 16.4. The summed E-state index contributed by atoms with van der Waals surface area (Å²) in [5.74, 6) is 0.611. The first-order valence-electron chi connectivity index (χ1n) is 6.21. The Bertz CT molecular complexity index is 600. The Morgan fingerprint density at radius 3 is 2.63 bits per heavy atom. The van der Waals surface area contributed by atoms with Crippen molar-refractivity contribution in [1.82, 2.24) is 0 Å². The van der Waals surface area contributed by atoms with Gasteiger partial charge in [0.05, 0.1) is 6.04 Å². The van der Waals surface area contributed by atoms with Gasteiger partial charge in [-0.3, -0.25) is 4.79 Å². The van der Waals surface area contributed by atoms with Crippen molar-refractivity contribution in [2.45, 2.75) is 26.8 Å². The molecule has 1 aromatic carbocycles. The number of furan rings is 1. The highest BCUT2D eigenvalue weighted by Crippen LogP contribution is 2.19. The molecule has 0 saturated carbocycles. The van der Waals surface area contributed by atoms with Gasteiger partial charge in [-0.15, -0.1) is 0 Å². The molecule has 19 heavy (non-hydrogen) atoms. The maximum absolute atomic E-state index is 12.1. The van der Waals surface area contributed by atoms with E-state index in [1.807, 2.05) is 39.0 Å². The Labute approximate surface area is 112 Å². The number of hydrogen-bond acceptors (Lipinski definition) is 3. The van der Waals surface area contributed by atoms with E-state index >= 15 is 0 Å². The van der Waals surface area contributed by atoms with Crippen molar-refractivity contribution in [2.24, 2.45) is 5.73 Å². The topological polar surface area (TPSA) is 68.3 Å². The van der Waals surface area contributed by atoms with E-state index in [1.54, 1.807) is 12.1 Å². The quantitative estimate of drug-likeness (QED) is 0.888. The van der Waals surface area contributed by atoms with E-state index in [0.717, 1.165) is 16.8 Å². The number of hydrogen-bond donors (Lipinski definition) is 2. The van der Waals surface area contributed by atoms with Crippen LogP contribution in [0.3, 0.4) is 0 Å². The van der Waals surface area contributed by atoms with Gasteiger partial charge in [-0.25, -0.2) is 0 Å². The van der Waals surface area contributed by atoms with Crippen LogP contribution in [-0.2, 0) is 0 Å². The summed E-state index contributed by atoms with van der Waals surface area (Å²) in [6.45, 7) is 5.74. The van der Waals surface area contributed by atoms with Crippen LogP contribution in [0.4, 0.5) is 5.69 Å². The predicted molar refractivity (Wildman–Crippen MR) is 75.2 cm³/mol. The minimum absolute atomic E-state index is 0.220. The lowest BCUT2D eigenvalue weighted by molar-refractivity contribution is 0.0994. The van der Waals surface area contributed by atoms with Crippen LogP contribution in [-0.4, -0.2) is 5.91 Å². The van der Waals surface area contributed by atoms with E-state index < -0.39 is 0 Å². The van der Waals surface area contributed by atoms with Gasteiger partial charge in [0.15, 0.2) is 5.76 Å². The lowest BCUT2D eigenvalue weighted by Gasteiger charge is -2.08. The fraction of sp³-hybridized carbons (Fsp3) is 0.267. The number of aryl methyl sites for hydroxylation is 2. The summed E-state index contributed by atoms with van der Waals surface area (Å²) in [7, 11) is 0. The molecule has 4 nitrogen and oxygen atoms in total. The molecule has 4 heteroatoms. The van der Waals surface area contributed by atoms with Crippen LogP contribution in [0.2, 0.25) is 0 Å². The van der Waals surface area contributed by atoms with Gasteiger partial charge in [0.1, 0.15) is 5.76 Å². The minimum atomic E-state index is -0.263. The molecule has 0 aliphatic carbocycles. The first-order chi connectivity index (χ1) is 8.97. The second-order valence-corrected chi connectivity index (χ2v) is 4.76. The van der Waals surface area contributed by atoms with E-state index in [0.29, 0.717) is 5.76 Å². The zero-order valence-electron chi connectivity index (χ0n) is 11.4. The van der Waals surface area contributed by atoms with Gasteiger partial charge in [-0.05, 0) is 50.1 Å². The Balaban J connectivity index is 2.18. The van der Waals surface area contributed by atoms with Gasteiger partial charge >= 0.3 is 0 Å². The third-order valence-corrected chi connectivity index (χ3v) is 2.94. The van der Waals surface area contributed by atoms with Crippen molar-refractivity contribution in [3.63, 3.8) is 0 Å². The summed E-state index contributed by atoms with van der Waals surface area (Å²) in [5, 5.41) is 2.85. The monoisotopic (exact) mass is 258 g/mol. The van der Waals surface area contributed by atoms with Crippen molar-refractivity contribution < 1.29 is 9.21 Å². The van der Waals surface area contributed by atoms with Gasteiger partial charge in [0.2, 0.25) is 0 Å². The first kappa shape index (κ1) is 13.4. The molecule has 1 amide bonds. The summed E-state index contributed by atoms with van der Waals surface area (Å²) >= 11 is 0. The van der Waals surface area contributed by atoms with Crippen molar-refractivity contribution in [1.29, 1.82) is 0 Å². The average Bonchev–Trinajstić information content (AvgIpc) is 2.83. The SMILES string of the molecule is Cc1ccc(C)c(NC(=O)c2ccc(C(C)N)o2)c1. The summed E-state index contributed by atoms with van der Waals surface area (Å²) in [6.07, 6.45) is 0. The number of nitrogens with one attached hydrogen (secondary N) is 1. The van der Waals surface area contributed by atoms with E-state index in [2.05, 4.69) is 5.32 Å². The highest BCUT2D eigenvalue weighted by Gasteiger charge is 2.14. The number of benzene rings is 1. The first-order valence-corrected chi connectivity index (χ1v) is 6.21. The molecule has 0 aliphatic rings. The molecule has 1 atom stereocenters. The Kier molecular flexibility index (Phi) is 3.71. The van der Waals surface area contributed by atoms with Gasteiger partial charge in [0, 0.05) is 5.69 Å². The van der Waals surface area contributed by atoms with Crippen molar-refractivity contribution >= 4 is 11.6 Å². The summed E-state index contributed by atoms with van der Waals surface area (Å²) in [4.78, 5) is 12.1. The van der Waals surface area contributed by atoms with Gasteiger partial charge < -0.3 is 15.5 Å². The van der Waals surface area contributed by atoms with Crippen LogP contribution in [0.1, 0.15) is 40.4 Å². The largest absolute Gasteiger partial charge is 0.454 e. The van der Waals surface area contributed by atoms with E-state index in [1.165, 1.54) is 0 Å². The van der Waals surface area contributed by atoms with E-state index in [4.69, 9.17) is 10.2 Å². The molecule has 0 spiro atoms. The smallest absolute Gasteiger partial charge is 0.291 e. The van der Waals surface area contributed by atoms with Crippen LogP contribution in [0.5, 0.6) is 0 Å². The van der Waals surface area contributed by atoms with Crippen LogP contribution in [0.15, 0.2) is 34.7 Å². The Morgan fingerprint density at radius 2 is 2.00 bits per heavy atom. The van der Waals surface area contributed by atoms with E-state index in [9.17, 15) is 4.79 Å². The summed E-state index contributed by atoms with van der Waals surface area (Å²) in [5.41, 5.74) is 8.60. The van der Waals surface area contributed by atoms with Crippen LogP contribution in [0.25, 0.3) is 0 Å². The molecule has 0 radical (unpaired) electrons. The minimum Gasteiger partial charge on any atom is -0.454 e. The molecular formula is C15H18N2O2.